The topological polar surface area (TPSA) is 38.9 Å². The Kier molecular flexibility index (Phi) is 2.65. The van der Waals surface area contributed by atoms with Crippen LogP contribution in [0.4, 0.5) is 5.69 Å². The Labute approximate surface area is 97.6 Å². The third kappa shape index (κ3) is 1.84. The predicted octanol–water partition coefficient (Wildman–Crippen LogP) is 3.45. The van der Waals surface area contributed by atoms with Crippen molar-refractivity contribution in [2.24, 2.45) is 0 Å². The zero-order valence-electron chi connectivity index (χ0n) is 8.84. The second-order valence-electron chi connectivity index (χ2n) is 3.67. The molecule has 0 saturated heterocycles. The van der Waals surface area contributed by atoms with E-state index in [1.807, 2.05) is 19.1 Å². The molecule has 0 fully saturated rings. The Bertz CT molecular complexity index is 521. The van der Waals surface area contributed by atoms with Gasteiger partial charge in [0.2, 0.25) is 0 Å². The minimum Gasteiger partial charge on any atom is -0.398 e. The molecule has 2 rings (SSSR count). The Balaban J connectivity index is 2.89. The lowest BCUT2D eigenvalue weighted by Crippen LogP contribution is -1.95. The average Bonchev–Trinajstić information content (AvgIpc) is 2.18. The van der Waals surface area contributed by atoms with Crippen LogP contribution in [0.3, 0.4) is 0 Å². The number of halogens is 1. The molecule has 1 aromatic heterocycles. The number of aryl methyl sites for hydroxylation is 2. The molecule has 0 aliphatic rings. The minimum atomic E-state index is 0.800. The molecule has 1 heterocycles. The maximum Gasteiger partial charge on any atom is 0.0758 e. The molecule has 2 N–H and O–H groups in total. The number of hydrogen-bond donors (Lipinski definition) is 1. The molecule has 2 aromatic rings. The van der Waals surface area contributed by atoms with Crippen LogP contribution in [-0.2, 0) is 6.42 Å². The average molecular weight is 265 g/mol. The van der Waals surface area contributed by atoms with Crippen LogP contribution in [-0.4, -0.2) is 4.98 Å². The van der Waals surface area contributed by atoms with Gasteiger partial charge >= 0.3 is 0 Å². The highest BCUT2D eigenvalue weighted by Gasteiger charge is 2.06. The number of rotatable bonds is 1. The summed E-state index contributed by atoms with van der Waals surface area (Å²) in [6, 6.07) is 6.04. The van der Waals surface area contributed by atoms with E-state index in [4.69, 9.17) is 5.73 Å². The number of anilines is 1. The van der Waals surface area contributed by atoms with Crippen molar-refractivity contribution in [1.82, 2.24) is 4.98 Å². The number of benzene rings is 1. The molecule has 0 atom stereocenters. The van der Waals surface area contributed by atoms with Gasteiger partial charge in [-0.25, -0.2) is 0 Å². The number of fused-ring (bicyclic) bond motifs is 1. The van der Waals surface area contributed by atoms with E-state index in [9.17, 15) is 0 Å². The molecule has 0 aliphatic carbocycles. The Morgan fingerprint density at radius 3 is 2.73 bits per heavy atom. The maximum atomic E-state index is 5.99. The SMILES string of the molecule is CCc1cc(Br)cc2c(N)cc(C)nc12. The molecule has 0 aliphatic heterocycles. The Morgan fingerprint density at radius 2 is 2.07 bits per heavy atom. The quantitative estimate of drug-likeness (QED) is 0.857. The zero-order valence-corrected chi connectivity index (χ0v) is 10.4. The first-order valence-electron chi connectivity index (χ1n) is 4.97. The van der Waals surface area contributed by atoms with Gasteiger partial charge in [0, 0.05) is 21.2 Å². The van der Waals surface area contributed by atoms with Crippen LogP contribution in [0.2, 0.25) is 0 Å². The van der Waals surface area contributed by atoms with Crippen LogP contribution in [0, 0.1) is 6.92 Å². The minimum absolute atomic E-state index is 0.800. The van der Waals surface area contributed by atoms with Gasteiger partial charge in [0.05, 0.1) is 5.52 Å². The molecule has 2 nitrogen and oxygen atoms in total. The maximum absolute atomic E-state index is 5.99. The molecule has 0 radical (unpaired) electrons. The second-order valence-corrected chi connectivity index (χ2v) is 4.58. The monoisotopic (exact) mass is 264 g/mol. The van der Waals surface area contributed by atoms with Gasteiger partial charge in [-0.1, -0.05) is 22.9 Å². The molecular formula is C12H13BrN2. The lowest BCUT2D eigenvalue weighted by Gasteiger charge is -2.08. The van der Waals surface area contributed by atoms with E-state index in [0.717, 1.165) is 33.2 Å². The fourth-order valence-electron chi connectivity index (χ4n) is 1.79. The van der Waals surface area contributed by atoms with Gasteiger partial charge in [-0.05, 0) is 37.1 Å². The summed E-state index contributed by atoms with van der Waals surface area (Å²) in [5.74, 6) is 0. The standard InChI is InChI=1S/C12H13BrN2/c1-3-8-5-9(13)6-10-11(14)4-7(2)15-12(8)10/h4-6H,3H2,1-2H3,(H2,14,15). The molecule has 1 aromatic carbocycles. The van der Waals surface area contributed by atoms with Crippen molar-refractivity contribution in [2.75, 3.05) is 5.73 Å². The summed E-state index contributed by atoms with van der Waals surface area (Å²) in [5, 5.41) is 1.03. The van der Waals surface area contributed by atoms with Crippen LogP contribution < -0.4 is 5.73 Å². The van der Waals surface area contributed by atoms with E-state index >= 15 is 0 Å². The highest BCUT2D eigenvalue weighted by atomic mass is 79.9. The van der Waals surface area contributed by atoms with Crippen molar-refractivity contribution in [3.8, 4) is 0 Å². The number of nitrogens with zero attached hydrogens (tertiary/aromatic N) is 1. The van der Waals surface area contributed by atoms with Crippen molar-refractivity contribution >= 4 is 32.5 Å². The first-order chi connectivity index (χ1) is 7.11. The lowest BCUT2D eigenvalue weighted by molar-refractivity contribution is 1.13. The highest BCUT2D eigenvalue weighted by Crippen LogP contribution is 2.27. The van der Waals surface area contributed by atoms with E-state index in [1.165, 1.54) is 5.56 Å². The van der Waals surface area contributed by atoms with Gasteiger partial charge in [0.25, 0.3) is 0 Å². The molecule has 0 bridgehead atoms. The summed E-state index contributed by atoms with van der Waals surface area (Å²) < 4.78 is 1.06. The van der Waals surface area contributed by atoms with E-state index in [1.54, 1.807) is 0 Å². The molecule has 0 saturated carbocycles. The first kappa shape index (κ1) is 10.4. The van der Waals surface area contributed by atoms with Crippen LogP contribution >= 0.6 is 15.9 Å². The van der Waals surface area contributed by atoms with Gasteiger partial charge in [-0.2, -0.15) is 0 Å². The van der Waals surface area contributed by atoms with E-state index < -0.39 is 0 Å². The van der Waals surface area contributed by atoms with Gasteiger partial charge < -0.3 is 5.73 Å². The summed E-state index contributed by atoms with van der Waals surface area (Å²) in [6.07, 6.45) is 0.964. The summed E-state index contributed by atoms with van der Waals surface area (Å²) in [4.78, 5) is 4.55. The highest BCUT2D eigenvalue weighted by molar-refractivity contribution is 9.10. The van der Waals surface area contributed by atoms with Gasteiger partial charge in [-0.3, -0.25) is 4.98 Å². The van der Waals surface area contributed by atoms with Crippen molar-refractivity contribution in [2.45, 2.75) is 20.3 Å². The van der Waals surface area contributed by atoms with Crippen molar-refractivity contribution in [3.05, 3.63) is 33.9 Å². The van der Waals surface area contributed by atoms with Gasteiger partial charge in [-0.15, -0.1) is 0 Å². The largest absolute Gasteiger partial charge is 0.398 e. The van der Waals surface area contributed by atoms with Crippen molar-refractivity contribution in [3.63, 3.8) is 0 Å². The molecule has 3 heteroatoms. The smallest absolute Gasteiger partial charge is 0.0758 e. The van der Waals surface area contributed by atoms with Crippen LogP contribution in [0.1, 0.15) is 18.2 Å². The molecule has 0 unspecified atom stereocenters. The molecule has 78 valence electrons. The third-order valence-corrected chi connectivity index (χ3v) is 2.96. The summed E-state index contributed by atoms with van der Waals surface area (Å²) in [6.45, 7) is 4.10. The first-order valence-corrected chi connectivity index (χ1v) is 5.76. The fraction of sp³-hybridized carbons (Fsp3) is 0.250. The molecular weight excluding hydrogens is 252 g/mol. The Hall–Kier alpha value is -1.09. The van der Waals surface area contributed by atoms with Crippen molar-refractivity contribution < 1.29 is 0 Å². The van der Waals surface area contributed by atoms with Crippen molar-refractivity contribution in [1.29, 1.82) is 0 Å². The summed E-state index contributed by atoms with van der Waals surface area (Å²) in [5.41, 5.74) is 10.0. The lowest BCUT2D eigenvalue weighted by atomic mass is 10.1. The normalized spacial score (nSPS) is 10.9. The number of nitrogen functional groups attached to an aromatic ring is 1. The van der Waals surface area contributed by atoms with Crippen LogP contribution in [0.5, 0.6) is 0 Å². The summed E-state index contributed by atoms with van der Waals surface area (Å²) >= 11 is 3.49. The molecule has 0 amide bonds. The number of nitrogens with two attached hydrogens (primary N) is 1. The fourth-order valence-corrected chi connectivity index (χ4v) is 2.29. The summed E-state index contributed by atoms with van der Waals surface area (Å²) in [7, 11) is 0. The van der Waals surface area contributed by atoms with E-state index in [2.05, 4.69) is 33.9 Å². The number of pyridine rings is 1. The second kappa shape index (κ2) is 3.81. The van der Waals surface area contributed by atoms with Crippen LogP contribution in [0.25, 0.3) is 10.9 Å². The third-order valence-electron chi connectivity index (χ3n) is 2.50. The Morgan fingerprint density at radius 1 is 1.33 bits per heavy atom. The zero-order chi connectivity index (χ0) is 11.0. The molecule has 15 heavy (non-hydrogen) atoms. The number of aromatic nitrogens is 1. The van der Waals surface area contributed by atoms with E-state index in [-0.39, 0.29) is 0 Å². The predicted molar refractivity (Wildman–Crippen MR) is 68.0 cm³/mol. The van der Waals surface area contributed by atoms with Gasteiger partial charge in [0.15, 0.2) is 0 Å². The number of hydrogen-bond acceptors (Lipinski definition) is 2. The van der Waals surface area contributed by atoms with E-state index in [0.29, 0.717) is 0 Å². The molecule has 0 spiro atoms. The van der Waals surface area contributed by atoms with Crippen LogP contribution in [0.15, 0.2) is 22.7 Å². The van der Waals surface area contributed by atoms with Gasteiger partial charge in [0.1, 0.15) is 0 Å².